The molecule has 2 heterocycles. The lowest BCUT2D eigenvalue weighted by Crippen LogP contribution is -2.07. The van der Waals surface area contributed by atoms with E-state index < -0.39 is 4.92 Å². The van der Waals surface area contributed by atoms with Crippen LogP contribution in [0.5, 0.6) is 11.5 Å². The second-order valence-electron chi connectivity index (χ2n) is 4.36. The third-order valence-corrected chi connectivity index (χ3v) is 3.03. The number of rotatable bonds is 4. The van der Waals surface area contributed by atoms with Crippen molar-refractivity contribution in [2.24, 2.45) is 0 Å². The average Bonchev–Trinajstić information content (AvgIpc) is 3.08. The number of benzene rings is 1. The number of hydrogen-bond donors (Lipinski definition) is 1. The van der Waals surface area contributed by atoms with E-state index in [2.05, 4.69) is 5.32 Å². The summed E-state index contributed by atoms with van der Waals surface area (Å²) < 4.78 is 15.7. The average molecular weight is 276 g/mol. The molecule has 0 radical (unpaired) electrons. The Hall–Kier alpha value is -2.70. The highest BCUT2D eigenvalue weighted by atomic mass is 16.7. The first kappa shape index (κ1) is 12.3. The van der Waals surface area contributed by atoms with Gasteiger partial charge in [0, 0.05) is 6.07 Å². The third kappa shape index (κ3) is 2.13. The van der Waals surface area contributed by atoms with Crippen molar-refractivity contribution >= 4 is 11.4 Å². The molecule has 1 atom stereocenters. The molecule has 0 saturated heterocycles. The fourth-order valence-electron chi connectivity index (χ4n) is 2.04. The highest BCUT2D eigenvalue weighted by molar-refractivity contribution is 5.69. The Morgan fingerprint density at radius 3 is 2.75 bits per heavy atom. The Labute approximate surface area is 114 Å². The van der Waals surface area contributed by atoms with Crippen LogP contribution in [0.1, 0.15) is 18.7 Å². The van der Waals surface area contributed by atoms with E-state index in [0.717, 1.165) is 0 Å². The van der Waals surface area contributed by atoms with E-state index in [4.69, 9.17) is 13.9 Å². The van der Waals surface area contributed by atoms with Gasteiger partial charge in [0.2, 0.25) is 6.79 Å². The fourth-order valence-corrected chi connectivity index (χ4v) is 2.04. The Kier molecular flexibility index (Phi) is 2.94. The van der Waals surface area contributed by atoms with Gasteiger partial charge in [-0.1, -0.05) is 0 Å². The highest BCUT2D eigenvalue weighted by Crippen LogP contribution is 2.41. The molecule has 20 heavy (non-hydrogen) atoms. The van der Waals surface area contributed by atoms with Crippen molar-refractivity contribution in [3.05, 3.63) is 46.4 Å². The summed E-state index contributed by atoms with van der Waals surface area (Å²) in [7, 11) is 0. The second-order valence-corrected chi connectivity index (χ2v) is 4.36. The van der Waals surface area contributed by atoms with Crippen LogP contribution in [0.3, 0.4) is 0 Å². The van der Waals surface area contributed by atoms with E-state index in [-0.39, 0.29) is 18.5 Å². The summed E-state index contributed by atoms with van der Waals surface area (Å²) in [6.45, 7) is 1.93. The Morgan fingerprint density at radius 1 is 1.35 bits per heavy atom. The molecule has 1 aliphatic heterocycles. The first-order valence-electron chi connectivity index (χ1n) is 6.03. The van der Waals surface area contributed by atoms with Gasteiger partial charge in [-0.15, -0.1) is 0 Å². The second kappa shape index (κ2) is 4.76. The van der Waals surface area contributed by atoms with Crippen molar-refractivity contribution < 1.29 is 18.8 Å². The summed E-state index contributed by atoms with van der Waals surface area (Å²) >= 11 is 0. The number of anilines is 1. The number of nitro benzene ring substituents is 1. The van der Waals surface area contributed by atoms with Crippen molar-refractivity contribution in [2.45, 2.75) is 13.0 Å². The van der Waals surface area contributed by atoms with Crippen molar-refractivity contribution in [3.63, 3.8) is 0 Å². The van der Waals surface area contributed by atoms with Crippen LogP contribution in [0.4, 0.5) is 11.4 Å². The zero-order valence-corrected chi connectivity index (χ0v) is 10.7. The Bertz CT molecular complexity index is 638. The molecule has 7 nitrogen and oxygen atoms in total. The molecule has 7 heteroatoms. The minimum atomic E-state index is -0.459. The maximum absolute atomic E-state index is 11.1. The number of nitrogens with zero attached hydrogens (tertiary/aromatic N) is 1. The van der Waals surface area contributed by atoms with Crippen LogP contribution in [0.2, 0.25) is 0 Å². The fraction of sp³-hybridized carbons (Fsp3) is 0.231. The van der Waals surface area contributed by atoms with E-state index in [9.17, 15) is 10.1 Å². The van der Waals surface area contributed by atoms with Gasteiger partial charge in [-0.3, -0.25) is 10.1 Å². The Morgan fingerprint density at radius 2 is 2.10 bits per heavy atom. The number of furan rings is 1. The molecular formula is C13H12N2O5. The van der Waals surface area contributed by atoms with Crippen molar-refractivity contribution in [1.29, 1.82) is 0 Å². The zero-order chi connectivity index (χ0) is 14.1. The molecule has 0 fully saturated rings. The van der Waals surface area contributed by atoms with Gasteiger partial charge in [-0.25, -0.2) is 0 Å². The van der Waals surface area contributed by atoms with Crippen LogP contribution in [-0.2, 0) is 0 Å². The summed E-state index contributed by atoms with van der Waals surface area (Å²) in [6, 6.07) is 6.29. The van der Waals surface area contributed by atoms with Crippen LogP contribution in [0.15, 0.2) is 34.9 Å². The molecule has 1 aliphatic rings. The molecule has 0 bridgehead atoms. The molecule has 3 rings (SSSR count). The van der Waals surface area contributed by atoms with Gasteiger partial charge in [0.1, 0.15) is 11.4 Å². The lowest BCUT2D eigenvalue weighted by molar-refractivity contribution is -0.384. The number of nitro groups is 1. The summed E-state index contributed by atoms with van der Waals surface area (Å²) in [5, 5.41) is 14.2. The molecule has 0 saturated carbocycles. The lowest BCUT2D eigenvalue weighted by atomic mass is 10.2. The number of ether oxygens (including phenoxy) is 2. The van der Waals surface area contributed by atoms with Gasteiger partial charge in [0.05, 0.1) is 23.3 Å². The van der Waals surface area contributed by atoms with E-state index in [1.807, 2.05) is 6.92 Å². The highest BCUT2D eigenvalue weighted by Gasteiger charge is 2.24. The molecule has 0 amide bonds. The van der Waals surface area contributed by atoms with Gasteiger partial charge in [0.15, 0.2) is 11.5 Å². The number of nitrogens with one attached hydrogen (secondary N) is 1. The maximum Gasteiger partial charge on any atom is 0.296 e. The molecule has 0 spiro atoms. The minimum absolute atomic E-state index is 0.0624. The zero-order valence-electron chi connectivity index (χ0n) is 10.7. The molecule has 2 aromatic rings. The van der Waals surface area contributed by atoms with Gasteiger partial charge >= 0.3 is 0 Å². The van der Waals surface area contributed by atoms with Gasteiger partial charge < -0.3 is 19.2 Å². The van der Waals surface area contributed by atoms with Gasteiger partial charge in [0.25, 0.3) is 5.69 Å². The molecular weight excluding hydrogens is 264 g/mol. The monoisotopic (exact) mass is 276 g/mol. The van der Waals surface area contributed by atoms with Crippen molar-refractivity contribution in [1.82, 2.24) is 0 Å². The van der Waals surface area contributed by atoms with Crippen LogP contribution >= 0.6 is 0 Å². The first-order valence-corrected chi connectivity index (χ1v) is 6.03. The smallest absolute Gasteiger partial charge is 0.296 e. The topological polar surface area (TPSA) is 86.8 Å². The Balaban J connectivity index is 1.94. The van der Waals surface area contributed by atoms with Crippen LogP contribution < -0.4 is 14.8 Å². The molecule has 1 aromatic heterocycles. The van der Waals surface area contributed by atoms with Gasteiger partial charge in [-0.2, -0.15) is 0 Å². The number of hydrogen-bond acceptors (Lipinski definition) is 6. The molecule has 1 N–H and O–H groups in total. The molecule has 104 valence electrons. The summed E-state index contributed by atoms with van der Waals surface area (Å²) in [4.78, 5) is 10.7. The standard InChI is InChI=1S/C13H12N2O5/c1-8(11-3-2-4-18-11)14-9-5-12-13(20-7-19-12)6-10(9)15(16)17/h2-6,8,14H,7H2,1H3. The van der Waals surface area contributed by atoms with E-state index in [1.165, 1.54) is 6.07 Å². The van der Waals surface area contributed by atoms with Crippen LogP contribution in [0, 0.1) is 10.1 Å². The normalized spacial score (nSPS) is 14.1. The maximum atomic E-state index is 11.1. The third-order valence-electron chi connectivity index (χ3n) is 3.03. The van der Waals surface area contributed by atoms with E-state index in [1.54, 1.807) is 24.5 Å². The number of fused-ring (bicyclic) bond motifs is 1. The van der Waals surface area contributed by atoms with Crippen LogP contribution in [-0.4, -0.2) is 11.7 Å². The quantitative estimate of drug-likeness (QED) is 0.682. The van der Waals surface area contributed by atoms with Crippen molar-refractivity contribution in [2.75, 3.05) is 12.1 Å². The van der Waals surface area contributed by atoms with E-state index in [0.29, 0.717) is 22.9 Å². The lowest BCUT2D eigenvalue weighted by Gasteiger charge is -2.13. The predicted octanol–water partition coefficient (Wildman–Crippen LogP) is 3.09. The largest absolute Gasteiger partial charge is 0.467 e. The first-order chi connectivity index (χ1) is 9.65. The van der Waals surface area contributed by atoms with Gasteiger partial charge in [-0.05, 0) is 19.1 Å². The summed E-state index contributed by atoms with van der Waals surface area (Å²) in [5.41, 5.74) is 0.302. The molecule has 1 aromatic carbocycles. The SMILES string of the molecule is CC(Nc1cc2c(cc1[N+](=O)[O-])OCO2)c1ccco1. The summed E-state index contributed by atoms with van der Waals surface area (Å²) in [6.07, 6.45) is 1.56. The summed E-state index contributed by atoms with van der Waals surface area (Å²) in [5.74, 6) is 1.56. The van der Waals surface area contributed by atoms with Crippen molar-refractivity contribution in [3.8, 4) is 11.5 Å². The molecule has 1 unspecified atom stereocenters. The predicted molar refractivity (Wildman–Crippen MR) is 70.0 cm³/mol. The van der Waals surface area contributed by atoms with E-state index >= 15 is 0 Å². The molecule has 0 aliphatic carbocycles. The minimum Gasteiger partial charge on any atom is -0.467 e. The van der Waals surface area contributed by atoms with Crippen LogP contribution in [0.25, 0.3) is 0 Å².